The summed E-state index contributed by atoms with van der Waals surface area (Å²) in [7, 11) is 0. The summed E-state index contributed by atoms with van der Waals surface area (Å²) in [5.74, 6) is 1.34. The van der Waals surface area contributed by atoms with Gasteiger partial charge in [0.2, 0.25) is 0 Å². The Balaban J connectivity index is 2.06. The van der Waals surface area contributed by atoms with E-state index in [1.54, 1.807) is 6.21 Å². The number of benzene rings is 1. The fourth-order valence-electron chi connectivity index (χ4n) is 1.36. The summed E-state index contributed by atoms with van der Waals surface area (Å²) in [6.07, 6.45) is 4.80. The molecule has 5 nitrogen and oxygen atoms in total. The van der Waals surface area contributed by atoms with Crippen LogP contribution in [0, 0.1) is 5.92 Å². The van der Waals surface area contributed by atoms with E-state index in [-0.39, 0.29) is 0 Å². The van der Waals surface area contributed by atoms with E-state index in [1.807, 2.05) is 18.2 Å². The Labute approximate surface area is 120 Å². The topological polar surface area (TPSA) is 52.3 Å². The maximum absolute atomic E-state index is 5.69. The first-order chi connectivity index (χ1) is 9.15. The summed E-state index contributed by atoms with van der Waals surface area (Å²) in [4.78, 5) is 0. The molecule has 0 aliphatic rings. The lowest BCUT2D eigenvalue weighted by molar-refractivity contribution is 0.269. The largest absolute Gasteiger partial charge is 0.492 e. The number of hydrogen-bond acceptors (Lipinski definition) is 4. The Morgan fingerprint density at radius 1 is 1.37 bits per heavy atom. The zero-order valence-electron chi connectivity index (χ0n) is 10.8. The SMILES string of the molecule is CC(C)COc1ccc(/C=N/n2cnnc2)cc1Br. The highest BCUT2D eigenvalue weighted by Crippen LogP contribution is 2.25. The molecule has 1 aromatic carbocycles. The van der Waals surface area contributed by atoms with Crippen molar-refractivity contribution in [1.82, 2.24) is 14.9 Å². The van der Waals surface area contributed by atoms with Crippen LogP contribution in [0.15, 0.2) is 40.4 Å². The van der Waals surface area contributed by atoms with Gasteiger partial charge in [-0.15, -0.1) is 10.2 Å². The molecule has 2 rings (SSSR count). The minimum atomic E-state index is 0.502. The highest BCUT2D eigenvalue weighted by molar-refractivity contribution is 9.10. The van der Waals surface area contributed by atoms with Gasteiger partial charge in [0.25, 0.3) is 0 Å². The van der Waals surface area contributed by atoms with E-state index in [1.165, 1.54) is 17.3 Å². The van der Waals surface area contributed by atoms with E-state index in [9.17, 15) is 0 Å². The Morgan fingerprint density at radius 3 is 2.74 bits per heavy atom. The third-order valence-electron chi connectivity index (χ3n) is 2.27. The molecule has 0 radical (unpaired) electrons. The summed E-state index contributed by atoms with van der Waals surface area (Å²) in [5, 5.41) is 11.5. The minimum absolute atomic E-state index is 0.502. The zero-order chi connectivity index (χ0) is 13.7. The first-order valence-corrected chi connectivity index (χ1v) is 6.76. The number of aromatic nitrogens is 3. The van der Waals surface area contributed by atoms with Crippen molar-refractivity contribution < 1.29 is 4.74 Å². The molecule has 100 valence electrons. The van der Waals surface area contributed by atoms with Crippen LogP contribution in [0.5, 0.6) is 5.75 Å². The van der Waals surface area contributed by atoms with Crippen LogP contribution in [-0.4, -0.2) is 27.7 Å². The number of ether oxygens (including phenoxy) is 1. The lowest BCUT2D eigenvalue weighted by atomic mass is 10.2. The zero-order valence-corrected chi connectivity index (χ0v) is 12.4. The van der Waals surface area contributed by atoms with Gasteiger partial charge in [0.15, 0.2) is 0 Å². The average Bonchev–Trinajstić information content (AvgIpc) is 2.88. The van der Waals surface area contributed by atoms with Crippen LogP contribution in [0.3, 0.4) is 0 Å². The van der Waals surface area contributed by atoms with Gasteiger partial charge in [-0.2, -0.15) is 5.10 Å². The molecule has 0 atom stereocenters. The fourth-order valence-corrected chi connectivity index (χ4v) is 1.87. The molecular formula is C13H15BrN4O. The summed E-state index contributed by atoms with van der Waals surface area (Å²) >= 11 is 3.50. The van der Waals surface area contributed by atoms with Crippen molar-refractivity contribution in [2.45, 2.75) is 13.8 Å². The second-order valence-corrected chi connectivity index (χ2v) is 5.34. The lowest BCUT2D eigenvalue weighted by Crippen LogP contribution is -2.04. The second kappa shape index (κ2) is 6.47. The van der Waals surface area contributed by atoms with Crippen LogP contribution in [0.2, 0.25) is 0 Å². The van der Waals surface area contributed by atoms with E-state index in [4.69, 9.17) is 4.74 Å². The molecule has 1 heterocycles. The molecule has 0 amide bonds. The van der Waals surface area contributed by atoms with Gasteiger partial charge in [-0.1, -0.05) is 13.8 Å². The maximum atomic E-state index is 5.69. The van der Waals surface area contributed by atoms with E-state index >= 15 is 0 Å². The number of nitrogens with zero attached hydrogens (tertiary/aromatic N) is 4. The smallest absolute Gasteiger partial charge is 0.141 e. The van der Waals surface area contributed by atoms with Crippen molar-refractivity contribution in [3.8, 4) is 5.75 Å². The maximum Gasteiger partial charge on any atom is 0.141 e. The summed E-state index contributed by atoms with van der Waals surface area (Å²) < 4.78 is 8.14. The Bertz CT molecular complexity index is 552. The molecular weight excluding hydrogens is 308 g/mol. The molecule has 0 saturated heterocycles. The van der Waals surface area contributed by atoms with Gasteiger partial charge in [0, 0.05) is 0 Å². The molecule has 0 fully saturated rings. The lowest BCUT2D eigenvalue weighted by Gasteiger charge is -2.10. The van der Waals surface area contributed by atoms with Crippen molar-refractivity contribution in [1.29, 1.82) is 0 Å². The number of hydrogen-bond donors (Lipinski definition) is 0. The van der Waals surface area contributed by atoms with Gasteiger partial charge in [-0.05, 0) is 45.6 Å². The van der Waals surface area contributed by atoms with Gasteiger partial charge in [0.1, 0.15) is 18.4 Å². The standard InChI is InChI=1S/C13H15BrN4O/c1-10(2)7-19-13-4-3-11(5-12(13)14)6-17-18-8-15-16-9-18/h3-6,8-10H,7H2,1-2H3/b17-6+. The molecule has 0 bridgehead atoms. The molecule has 0 aliphatic heterocycles. The quantitative estimate of drug-likeness (QED) is 0.795. The summed E-state index contributed by atoms with van der Waals surface area (Å²) in [6.45, 7) is 4.94. The van der Waals surface area contributed by atoms with Crippen LogP contribution in [0.25, 0.3) is 0 Å². The molecule has 6 heteroatoms. The third kappa shape index (κ3) is 4.17. The molecule has 0 aliphatic carbocycles. The predicted octanol–water partition coefficient (Wildman–Crippen LogP) is 2.96. The van der Waals surface area contributed by atoms with Gasteiger partial charge in [-0.3, -0.25) is 0 Å². The molecule has 0 saturated carbocycles. The number of rotatable bonds is 5. The van der Waals surface area contributed by atoms with Crippen LogP contribution in [-0.2, 0) is 0 Å². The van der Waals surface area contributed by atoms with Gasteiger partial charge in [0.05, 0.1) is 17.3 Å². The monoisotopic (exact) mass is 322 g/mol. The first-order valence-electron chi connectivity index (χ1n) is 5.96. The van der Waals surface area contributed by atoms with Gasteiger partial charge < -0.3 is 4.74 Å². The van der Waals surface area contributed by atoms with Crippen LogP contribution in [0.1, 0.15) is 19.4 Å². The van der Waals surface area contributed by atoms with Gasteiger partial charge >= 0.3 is 0 Å². The van der Waals surface area contributed by atoms with Gasteiger partial charge in [-0.25, -0.2) is 4.68 Å². The molecule has 0 spiro atoms. The molecule has 0 unspecified atom stereocenters. The highest BCUT2D eigenvalue weighted by atomic mass is 79.9. The van der Waals surface area contributed by atoms with E-state index < -0.39 is 0 Å². The summed E-state index contributed by atoms with van der Waals surface area (Å²) in [6, 6.07) is 5.85. The molecule has 19 heavy (non-hydrogen) atoms. The molecule has 0 N–H and O–H groups in total. The minimum Gasteiger partial charge on any atom is -0.492 e. The van der Waals surface area contributed by atoms with Crippen molar-refractivity contribution >= 4 is 22.1 Å². The summed E-state index contributed by atoms with van der Waals surface area (Å²) in [5.41, 5.74) is 0.970. The fraction of sp³-hybridized carbons (Fsp3) is 0.308. The van der Waals surface area contributed by atoms with Crippen LogP contribution < -0.4 is 4.74 Å². The Kier molecular flexibility index (Phi) is 4.68. The van der Waals surface area contributed by atoms with Crippen LogP contribution in [0.4, 0.5) is 0 Å². The first kappa shape index (κ1) is 13.7. The Morgan fingerprint density at radius 2 is 2.11 bits per heavy atom. The Hall–Kier alpha value is -1.69. The van der Waals surface area contributed by atoms with E-state index in [2.05, 4.69) is 45.1 Å². The van der Waals surface area contributed by atoms with Crippen molar-refractivity contribution in [2.75, 3.05) is 6.61 Å². The van der Waals surface area contributed by atoms with Crippen LogP contribution >= 0.6 is 15.9 Å². The van der Waals surface area contributed by atoms with Crippen molar-refractivity contribution in [2.24, 2.45) is 11.0 Å². The highest BCUT2D eigenvalue weighted by Gasteiger charge is 2.03. The van der Waals surface area contributed by atoms with E-state index in [0.29, 0.717) is 12.5 Å². The number of halogens is 1. The average molecular weight is 323 g/mol. The second-order valence-electron chi connectivity index (χ2n) is 4.48. The molecule has 1 aromatic heterocycles. The predicted molar refractivity (Wildman–Crippen MR) is 77.5 cm³/mol. The van der Waals surface area contributed by atoms with Crippen molar-refractivity contribution in [3.63, 3.8) is 0 Å². The van der Waals surface area contributed by atoms with E-state index in [0.717, 1.165) is 15.8 Å². The molecule has 2 aromatic rings. The normalized spacial score (nSPS) is 11.4. The van der Waals surface area contributed by atoms with Crippen molar-refractivity contribution in [3.05, 3.63) is 40.9 Å². The third-order valence-corrected chi connectivity index (χ3v) is 2.89.